The normalized spacial score (nSPS) is 20.3. The monoisotopic (exact) mass is 209 g/mol. The van der Waals surface area contributed by atoms with Gasteiger partial charge in [0.25, 0.3) is 0 Å². The van der Waals surface area contributed by atoms with Gasteiger partial charge in [-0.1, -0.05) is 0 Å². The molecule has 0 fully saturated rings. The third-order valence-corrected chi connectivity index (χ3v) is 2.98. The van der Waals surface area contributed by atoms with E-state index in [1.54, 1.807) is 0 Å². The molecule has 1 aliphatic rings. The molecule has 2 rings (SSSR count). The molecule has 1 unspecified atom stereocenters. The standard InChI is InChI=1S/C12H19NO2/c1-2-15-7-6-13-8-10-4-3-5-12(14)11(10)9-13/h8-9,12,14H,2-7H2,1H3. The van der Waals surface area contributed by atoms with E-state index in [4.69, 9.17) is 4.74 Å². The van der Waals surface area contributed by atoms with Crippen molar-refractivity contribution in [1.82, 2.24) is 4.57 Å². The highest BCUT2D eigenvalue weighted by atomic mass is 16.5. The summed E-state index contributed by atoms with van der Waals surface area (Å²) in [6, 6.07) is 0. The van der Waals surface area contributed by atoms with Gasteiger partial charge in [-0.25, -0.2) is 0 Å². The average Bonchev–Trinajstić information content (AvgIpc) is 2.63. The Hall–Kier alpha value is -0.800. The lowest BCUT2D eigenvalue weighted by atomic mass is 9.93. The molecule has 1 aromatic rings. The minimum atomic E-state index is -0.248. The number of fused-ring (bicyclic) bond motifs is 1. The Morgan fingerprint density at radius 1 is 1.53 bits per heavy atom. The van der Waals surface area contributed by atoms with Gasteiger partial charge in [-0.15, -0.1) is 0 Å². The molecule has 0 spiro atoms. The van der Waals surface area contributed by atoms with Crippen molar-refractivity contribution in [2.24, 2.45) is 0 Å². The Morgan fingerprint density at radius 2 is 2.40 bits per heavy atom. The van der Waals surface area contributed by atoms with E-state index < -0.39 is 0 Å². The van der Waals surface area contributed by atoms with Crippen molar-refractivity contribution in [2.75, 3.05) is 13.2 Å². The number of aliphatic hydroxyl groups excluding tert-OH is 1. The third-order valence-electron chi connectivity index (χ3n) is 2.98. The molecule has 0 aromatic carbocycles. The van der Waals surface area contributed by atoms with Crippen LogP contribution in [0.4, 0.5) is 0 Å². The first-order valence-electron chi connectivity index (χ1n) is 5.75. The second kappa shape index (κ2) is 4.81. The molecule has 15 heavy (non-hydrogen) atoms. The highest BCUT2D eigenvalue weighted by Crippen LogP contribution is 2.29. The molecule has 3 nitrogen and oxygen atoms in total. The Morgan fingerprint density at radius 3 is 3.13 bits per heavy atom. The number of aliphatic hydroxyl groups is 1. The molecular formula is C12H19NO2. The predicted molar refractivity (Wildman–Crippen MR) is 58.8 cm³/mol. The highest BCUT2D eigenvalue weighted by molar-refractivity contribution is 5.28. The van der Waals surface area contributed by atoms with Gasteiger partial charge in [-0.3, -0.25) is 0 Å². The molecule has 1 atom stereocenters. The largest absolute Gasteiger partial charge is 0.388 e. The van der Waals surface area contributed by atoms with Crippen LogP contribution in [0.2, 0.25) is 0 Å². The van der Waals surface area contributed by atoms with Crippen molar-refractivity contribution < 1.29 is 9.84 Å². The summed E-state index contributed by atoms with van der Waals surface area (Å²) in [6.07, 6.45) is 7.08. The Bertz CT molecular complexity index is 319. The fourth-order valence-corrected chi connectivity index (χ4v) is 2.17. The molecule has 0 radical (unpaired) electrons. The van der Waals surface area contributed by atoms with E-state index in [0.29, 0.717) is 0 Å². The maximum Gasteiger partial charge on any atom is 0.0807 e. The summed E-state index contributed by atoms with van der Waals surface area (Å²) in [4.78, 5) is 0. The summed E-state index contributed by atoms with van der Waals surface area (Å²) >= 11 is 0. The fourth-order valence-electron chi connectivity index (χ4n) is 2.17. The van der Waals surface area contributed by atoms with Crippen LogP contribution in [-0.4, -0.2) is 22.9 Å². The summed E-state index contributed by atoms with van der Waals surface area (Å²) in [5.74, 6) is 0. The van der Waals surface area contributed by atoms with Gasteiger partial charge < -0.3 is 14.4 Å². The Balaban J connectivity index is 2.01. The number of hydrogen-bond donors (Lipinski definition) is 1. The van der Waals surface area contributed by atoms with E-state index in [1.165, 1.54) is 5.56 Å². The molecule has 0 bridgehead atoms. The van der Waals surface area contributed by atoms with E-state index in [1.807, 2.05) is 6.92 Å². The second-order valence-electron chi connectivity index (χ2n) is 4.08. The molecule has 0 saturated carbocycles. The first-order valence-corrected chi connectivity index (χ1v) is 5.75. The lowest BCUT2D eigenvalue weighted by Crippen LogP contribution is -2.05. The van der Waals surface area contributed by atoms with Crippen LogP contribution < -0.4 is 0 Å². The van der Waals surface area contributed by atoms with Crippen LogP contribution in [0.5, 0.6) is 0 Å². The van der Waals surface area contributed by atoms with Gasteiger partial charge in [0, 0.05) is 31.1 Å². The fraction of sp³-hybridized carbons (Fsp3) is 0.667. The lowest BCUT2D eigenvalue weighted by molar-refractivity contribution is 0.138. The van der Waals surface area contributed by atoms with Crippen molar-refractivity contribution in [2.45, 2.75) is 38.8 Å². The quantitative estimate of drug-likeness (QED) is 0.768. The predicted octanol–water partition coefficient (Wildman–Crippen LogP) is 1.89. The van der Waals surface area contributed by atoms with Gasteiger partial charge in [0.1, 0.15) is 0 Å². The van der Waals surface area contributed by atoms with Gasteiger partial charge in [0.15, 0.2) is 0 Å². The molecule has 1 heterocycles. The van der Waals surface area contributed by atoms with E-state index in [0.717, 1.165) is 44.6 Å². The number of aryl methyl sites for hydroxylation is 1. The van der Waals surface area contributed by atoms with E-state index in [-0.39, 0.29) is 6.10 Å². The summed E-state index contributed by atoms with van der Waals surface area (Å²) < 4.78 is 7.45. The Labute approximate surface area is 90.7 Å². The van der Waals surface area contributed by atoms with Crippen molar-refractivity contribution in [3.63, 3.8) is 0 Å². The van der Waals surface area contributed by atoms with Crippen LogP contribution in [0.3, 0.4) is 0 Å². The van der Waals surface area contributed by atoms with Crippen LogP contribution in [0.15, 0.2) is 12.4 Å². The SMILES string of the molecule is CCOCCn1cc2c(c1)C(O)CCC2. The summed E-state index contributed by atoms with van der Waals surface area (Å²) in [7, 11) is 0. The summed E-state index contributed by atoms with van der Waals surface area (Å²) in [5, 5.41) is 9.80. The maximum absolute atomic E-state index is 9.80. The molecule has 1 aliphatic carbocycles. The molecule has 0 amide bonds. The average molecular weight is 209 g/mol. The molecule has 1 aromatic heterocycles. The van der Waals surface area contributed by atoms with Gasteiger partial charge in [-0.05, 0) is 31.7 Å². The highest BCUT2D eigenvalue weighted by Gasteiger charge is 2.19. The van der Waals surface area contributed by atoms with E-state index in [2.05, 4.69) is 17.0 Å². The zero-order valence-electron chi connectivity index (χ0n) is 9.28. The molecule has 0 aliphatic heterocycles. The van der Waals surface area contributed by atoms with Crippen molar-refractivity contribution >= 4 is 0 Å². The van der Waals surface area contributed by atoms with Crippen LogP contribution in [-0.2, 0) is 17.7 Å². The molecule has 1 N–H and O–H groups in total. The lowest BCUT2D eigenvalue weighted by Gasteiger charge is -2.16. The van der Waals surface area contributed by atoms with E-state index >= 15 is 0 Å². The Kier molecular flexibility index (Phi) is 3.44. The van der Waals surface area contributed by atoms with Crippen LogP contribution >= 0.6 is 0 Å². The smallest absolute Gasteiger partial charge is 0.0807 e. The van der Waals surface area contributed by atoms with Crippen LogP contribution in [0.25, 0.3) is 0 Å². The minimum Gasteiger partial charge on any atom is -0.388 e. The first-order chi connectivity index (χ1) is 7.31. The van der Waals surface area contributed by atoms with Gasteiger partial charge >= 0.3 is 0 Å². The number of ether oxygens (including phenoxy) is 1. The number of aromatic nitrogens is 1. The van der Waals surface area contributed by atoms with Gasteiger partial charge in [-0.2, -0.15) is 0 Å². The first kappa shape index (κ1) is 10.7. The van der Waals surface area contributed by atoms with Crippen LogP contribution in [0, 0.1) is 0 Å². The summed E-state index contributed by atoms with van der Waals surface area (Å²) in [6.45, 7) is 4.40. The third kappa shape index (κ3) is 2.41. The number of hydrogen-bond acceptors (Lipinski definition) is 2. The van der Waals surface area contributed by atoms with Gasteiger partial charge in [0.05, 0.1) is 12.7 Å². The second-order valence-corrected chi connectivity index (χ2v) is 4.08. The topological polar surface area (TPSA) is 34.4 Å². The number of nitrogens with zero attached hydrogens (tertiary/aromatic N) is 1. The zero-order valence-corrected chi connectivity index (χ0v) is 9.28. The van der Waals surface area contributed by atoms with Crippen molar-refractivity contribution in [3.8, 4) is 0 Å². The molecule has 84 valence electrons. The molecule has 3 heteroatoms. The maximum atomic E-state index is 9.80. The zero-order chi connectivity index (χ0) is 10.7. The minimum absolute atomic E-state index is 0.248. The number of rotatable bonds is 4. The van der Waals surface area contributed by atoms with Crippen molar-refractivity contribution in [1.29, 1.82) is 0 Å². The summed E-state index contributed by atoms with van der Waals surface area (Å²) in [5.41, 5.74) is 2.43. The van der Waals surface area contributed by atoms with Gasteiger partial charge in [0.2, 0.25) is 0 Å². The van der Waals surface area contributed by atoms with Crippen molar-refractivity contribution in [3.05, 3.63) is 23.5 Å². The van der Waals surface area contributed by atoms with Crippen LogP contribution in [0.1, 0.15) is 37.0 Å². The molecular weight excluding hydrogens is 190 g/mol. The molecule has 0 saturated heterocycles. The van der Waals surface area contributed by atoms with E-state index in [9.17, 15) is 5.11 Å².